The average molecular weight is 341 g/mol. The van der Waals surface area contributed by atoms with Crippen LogP contribution < -0.4 is 5.32 Å². The number of aliphatic hydroxyl groups is 1. The topological polar surface area (TPSA) is 69.6 Å². The first-order valence-corrected chi connectivity index (χ1v) is 7.31. The summed E-state index contributed by atoms with van der Waals surface area (Å²) in [6.07, 6.45) is 1.56. The van der Waals surface area contributed by atoms with Crippen LogP contribution in [0.15, 0.2) is 22.7 Å². The molecule has 6 heteroatoms. The van der Waals surface area contributed by atoms with E-state index < -0.39 is 11.8 Å². The van der Waals surface area contributed by atoms with E-state index in [1.165, 1.54) is 4.90 Å². The zero-order chi connectivity index (χ0) is 14.7. The minimum Gasteiger partial charge on any atom is -0.394 e. The molecule has 0 aliphatic carbocycles. The van der Waals surface area contributed by atoms with Crippen molar-refractivity contribution < 1.29 is 14.7 Å². The van der Waals surface area contributed by atoms with Gasteiger partial charge in [0.15, 0.2) is 0 Å². The van der Waals surface area contributed by atoms with Gasteiger partial charge in [0.1, 0.15) is 0 Å². The van der Waals surface area contributed by atoms with Crippen LogP contribution in [0.1, 0.15) is 18.4 Å². The number of aryl methyl sites for hydroxylation is 1. The molecule has 2 N–H and O–H groups in total. The Hall–Kier alpha value is -1.40. The van der Waals surface area contributed by atoms with Gasteiger partial charge < -0.3 is 15.3 Å². The Morgan fingerprint density at radius 2 is 2.25 bits per heavy atom. The Morgan fingerprint density at radius 3 is 2.95 bits per heavy atom. The van der Waals surface area contributed by atoms with Gasteiger partial charge >= 0.3 is 11.8 Å². The normalized spacial score (nSPS) is 18.1. The van der Waals surface area contributed by atoms with Gasteiger partial charge in [-0.2, -0.15) is 0 Å². The largest absolute Gasteiger partial charge is 0.394 e. The molecule has 1 aromatic rings. The molecule has 1 heterocycles. The van der Waals surface area contributed by atoms with Crippen molar-refractivity contribution in [2.24, 2.45) is 0 Å². The maximum atomic E-state index is 12.1. The minimum absolute atomic E-state index is 0.102. The molecule has 5 nitrogen and oxygen atoms in total. The van der Waals surface area contributed by atoms with Crippen LogP contribution in [0.4, 0.5) is 5.69 Å². The number of rotatable bonds is 2. The van der Waals surface area contributed by atoms with Crippen LogP contribution in [-0.4, -0.2) is 41.0 Å². The highest BCUT2D eigenvalue weighted by molar-refractivity contribution is 9.10. The third-order valence-corrected chi connectivity index (χ3v) is 3.98. The van der Waals surface area contributed by atoms with E-state index in [0.29, 0.717) is 12.2 Å². The fourth-order valence-corrected chi connectivity index (χ4v) is 2.69. The van der Waals surface area contributed by atoms with Crippen LogP contribution in [0.25, 0.3) is 0 Å². The molecule has 1 aliphatic heterocycles. The molecule has 1 aromatic carbocycles. The number of likely N-dealkylation sites (tertiary alicyclic amines) is 1. The van der Waals surface area contributed by atoms with Crippen LogP contribution in [0, 0.1) is 6.92 Å². The van der Waals surface area contributed by atoms with Gasteiger partial charge in [0.2, 0.25) is 0 Å². The molecule has 2 rings (SSSR count). The molecular formula is C14H17BrN2O3. The molecule has 0 aromatic heterocycles. The van der Waals surface area contributed by atoms with E-state index in [9.17, 15) is 14.7 Å². The third-order valence-electron chi connectivity index (χ3n) is 3.49. The molecule has 0 bridgehead atoms. The first kappa shape index (κ1) is 15.0. The maximum absolute atomic E-state index is 12.1. The number of hydrogen-bond acceptors (Lipinski definition) is 3. The van der Waals surface area contributed by atoms with Crippen molar-refractivity contribution in [1.29, 1.82) is 0 Å². The molecule has 108 valence electrons. The van der Waals surface area contributed by atoms with Gasteiger partial charge in [-0.05, 0) is 37.5 Å². The Balaban J connectivity index is 2.08. The predicted molar refractivity (Wildman–Crippen MR) is 79.3 cm³/mol. The van der Waals surface area contributed by atoms with E-state index in [1.807, 2.05) is 19.1 Å². The number of amides is 2. The van der Waals surface area contributed by atoms with Crippen molar-refractivity contribution in [3.8, 4) is 0 Å². The molecule has 1 aliphatic rings. The van der Waals surface area contributed by atoms with Crippen LogP contribution in [0.2, 0.25) is 0 Å². The minimum atomic E-state index is -0.661. The van der Waals surface area contributed by atoms with E-state index in [4.69, 9.17) is 0 Å². The molecule has 0 spiro atoms. The lowest BCUT2D eigenvalue weighted by atomic mass is 10.2. The number of carbonyl (C=O) groups excluding carboxylic acids is 2. The Kier molecular flexibility index (Phi) is 4.77. The molecule has 1 saturated heterocycles. The second-order valence-electron chi connectivity index (χ2n) is 4.89. The van der Waals surface area contributed by atoms with Crippen LogP contribution in [-0.2, 0) is 9.59 Å². The monoisotopic (exact) mass is 340 g/mol. The smallest absolute Gasteiger partial charge is 0.313 e. The van der Waals surface area contributed by atoms with Gasteiger partial charge in [-0.15, -0.1) is 0 Å². The summed E-state index contributed by atoms with van der Waals surface area (Å²) in [6, 6.07) is 5.25. The second-order valence-corrected chi connectivity index (χ2v) is 5.81. The van der Waals surface area contributed by atoms with Crippen molar-refractivity contribution in [2.75, 3.05) is 18.5 Å². The standard InChI is InChI=1S/C14H17BrN2O3/c1-9-4-5-10(15)7-12(9)16-13(19)14(20)17-6-2-3-11(17)8-18/h4-5,7,11,18H,2-3,6,8H2,1H3,(H,16,19)/t11-/m1/s1. The third kappa shape index (κ3) is 3.19. The van der Waals surface area contributed by atoms with Crippen molar-refractivity contribution in [1.82, 2.24) is 4.90 Å². The SMILES string of the molecule is Cc1ccc(Br)cc1NC(=O)C(=O)N1CCC[C@@H]1CO. The molecule has 1 fully saturated rings. The molecule has 2 amide bonds. The zero-order valence-corrected chi connectivity index (χ0v) is 12.8. The van der Waals surface area contributed by atoms with Crippen molar-refractivity contribution in [3.63, 3.8) is 0 Å². The van der Waals surface area contributed by atoms with E-state index >= 15 is 0 Å². The number of halogens is 1. The van der Waals surface area contributed by atoms with Gasteiger partial charge in [0, 0.05) is 16.7 Å². The number of nitrogens with zero attached hydrogens (tertiary/aromatic N) is 1. The van der Waals surface area contributed by atoms with E-state index in [1.54, 1.807) is 6.07 Å². The lowest BCUT2D eigenvalue weighted by molar-refractivity contribution is -0.144. The summed E-state index contributed by atoms with van der Waals surface area (Å²) in [5.41, 5.74) is 1.49. The van der Waals surface area contributed by atoms with Gasteiger partial charge in [-0.1, -0.05) is 22.0 Å². The van der Waals surface area contributed by atoms with Crippen LogP contribution >= 0.6 is 15.9 Å². The molecule has 0 radical (unpaired) electrons. The van der Waals surface area contributed by atoms with Gasteiger partial charge in [-0.3, -0.25) is 9.59 Å². The quantitative estimate of drug-likeness (QED) is 0.804. The first-order chi connectivity index (χ1) is 9.52. The van der Waals surface area contributed by atoms with E-state index in [-0.39, 0.29) is 12.6 Å². The fourth-order valence-electron chi connectivity index (χ4n) is 2.33. The summed E-state index contributed by atoms with van der Waals surface area (Å²) in [5.74, 6) is -1.24. The summed E-state index contributed by atoms with van der Waals surface area (Å²) in [6.45, 7) is 2.28. The number of carbonyl (C=O) groups is 2. The fraction of sp³-hybridized carbons (Fsp3) is 0.429. The molecule has 1 atom stereocenters. The lowest BCUT2D eigenvalue weighted by Gasteiger charge is -2.22. The second kappa shape index (κ2) is 6.37. The van der Waals surface area contributed by atoms with Crippen LogP contribution in [0.5, 0.6) is 0 Å². The zero-order valence-electron chi connectivity index (χ0n) is 11.2. The highest BCUT2D eigenvalue weighted by Gasteiger charge is 2.32. The molecule has 0 unspecified atom stereocenters. The van der Waals surface area contributed by atoms with Gasteiger partial charge in [0.05, 0.1) is 12.6 Å². The summed E-state index contributed by atoms with van der Waals surface area (Å²) in [4.78, 5) is 25.6. The lowest BCUT2D eigenvalue weighted by Crippen LogP contribution is -2.43. The Morgan fingerprint density at radius 1 is 1.50 bits per heavy atom. The van der Waals surface area contributed by atoms with Crippen molar-refractivity contribution in [3.05, 3.63) is 28.2 Å². The molecule has 0 saturated carbocycles. The predicted octanol–water partition coefficient (Wildman–Crippen LogP) is 1.68. The number of aliphatic hydroxyl groups excluding tert-OH is 1. The Bertz CT molecular complexity index is 533. The van der Waals surface area contributed by atoms with Crippen molar-refractivity contribution in [2.45, 2.75) is 25.8 Å². The Labute approximate surface area is 126 Å². The number of anilines is 1. The van der Waals surface area contributed by atoms with Crippen LogP contribution in [0.3, 0.4) is 0 Å². The number of nitrogens with one attached hydrogen (secondary N) is 1. The van der Waals surface area contributed by atoms with Crippen molar-refractivity contribution >= 4 is 33.4 Å². The van der Waals surface area contributed by atoms with E-state index in [0.717, 1.165) is 22.9 Å². The number of benzene rings is 1. The summed E-state index contributed by atoms with van der Waals surface area (Å²) in [7, 11) is 0. The highest BCUT2D eigenvalue weighted by Crippen LogP contribution is 2.21. The van der Waals surface area contributed by atoms with Gasteiger partial charge in [-0.25, -0.2) is 0 Å². The summed E-state index contributed by atoms with van der Waals surface area (Å²) in [5, 5.41) is 11.8. The van der Waals surface area contributed by atoms with E-state index in [2.05, 4.69) is 21.2 Å². The number of hydrogen-bond donors (Lipinski definition) is 2. The maximum Gasteiger partial charge on any atom is 0.313 e. The molecular weight excluding hydrogens is 324 g/mol. The first-order valence-electron chi connectivity index (χ1n) is 6.52. The molecule has 20 heavy (non-hydrogen) atoms. The summed E-state index contributed by atoms with van der Waals surface area (Å²) < 4.78 is 0.834. The average Bonchev–Trinajstić information content (AvgIpc) is 2.90. The highest BCUT2D eigenvalue weighted by atomic mass is 79.9. The summed E-state index contributed by atoms with van der Waals surface area (Å²) >= 11 is 3.33. The van der Waals surface area contributed by atoms with Gasteiger partial charge in [0.25, 0.3) is 0 Å².